The molecule has 116 valence electrons. The van der Waals surface area contributed by atoms with Crippen LogP contribution < -0.4 is 0 Å². The van der Waals surface area contributed by atoms with Crippen molar-refractivity contribution in [2.24, 2.45) is 10.2 Å². The molecule has 0 N–H and O–H groups in total. The van der Waals surface area contributed by atoms with Crippen molar-refractivity contribution in [2.45, 2.75) is 6.42 Å². The third-order valence-electron chi connectivity index (χ3n) is 3.18. The molecule has 3 aromatic rings. The summed E-state index contributed by atoms with van der Waals surface area (Å²) in [7, 11) is 1.31. The van der Waals surface area contributed by atoms with Gasteiger partial charge in [-0.05, 0) is 24.3 Å². The second-order valence-corrected chi connectivity index (χ2v) is 4.74. The number of carbonyl (C=O) groups excluding carboxylic acids is 1. The summed E-state index contributed by atoms with van der Waals surface area (Å²) in [4.78, 5) is 15.9. The first-order valence-electron chi connectivity index (χ1n) is 6.87. The number of halogens is 1. The fraction of sp³-hybridized carbons (Fsp3) is 0.125. The first-order chi connectivity index (χ1) is 11.2. The van der Waals surface area contributed by atoms with Crippen LogP contribution in [0.5, 0.6) is 0 Å². The van der Waals surface area contributed by atoms with E-state index in [-0.39, 0.29) is 6.42 Å². The summed E-state index contributed by atoms with van der Waals surface area (Å²) in [5.41, 5.74) is 1.46. The number of imidazole rings is 1. The first kappa shape index (κ1) is 14.8. The van der Waals surface area contributed by atoms with E-state index in [1.807, 2.05) is 12.1 Å². The molecule has 0 saturated carbocycles. The topological polar surface area (TPSA) is 68.3 Å². The largest absolute Gasteiger partial charge is 0.469 e. The normalized spacial score (nSPS) is 11.2. The maximum atomic E-state index is 13.2. The summed E-state index contributed by atoms with van der Waals surface area (Å²) >= 11 is 0. The standard InChI is InChI=1S/C16H13FN4O2/c1-23-15(22)10-13-16(21-8-3-2-7-14(21)18-13)20-19-12-6-4-5-11(17)9-12/h2-9H,10H2,1H3. The van der Waals surface area contributed by atoms with Gasteiger partial charge >= 0.3 is 5.97 Å². The van der Waals surface area contributed by atoms with Gasteiger partial charge < -0.3 is 4.74 Å². The van der Waals surface area contributed by atoms with Gasteiger partial charge in [0.1, 0.15) is 11.5 Å². The van der Waals surface area contributed by atoms with E-state index in [0.717, 1.165) is 0 Å². The zero-order chi connectivity index (χ0) is 16.2. The number of nitrogens with zero attached hydrogens (tertiary/aromatic N) is 4. The van der Waals surface area contributed by atoms with Crippen molar-refractivity contribution in [3.8, 4) is 0 Å². The first-order valence-corrected chi connectivity index (χ1v) is 6.87. The van der Waals surface area contributed by atoms with Crippen molar-refractivity contribution in [1.82, 2.24) is 9.38 Å². The van der Waals surface area contributed by atoms with Gasteiger partial charge in [0.05, 0.1) is 24.9 Å². The van der Waals surface area contributed by atoms with Gasteiger partial charge in [-0.25, -0.2) is 9.37 Å². The molecule has 0 aliphatic carbocycles. The number of hydrogen-bond acceptors (Lipinski definition) is 5. The van der Waals surface area contributed by atoms with E-state index in [1.54, 1.807) is 28.8 Å². The van der Waals surface area contributed by atoms with E-state index < -0.39 is 11.8 Å². The number of esters is 1. The van der Waals surface area contributed by atoms with Gasteiger partial charge in [0, 0.05) is 12.3 Å². The van der Waals surface area contributed by atoms with Gasteiger partial charge in [0.15, 0.2) is 5.82 Å². The van der Waals surface area contributed by atoms with Gasteiger partial charge in [0.2, 0.25) is 0 Å². The van der Waals surface area contributed by atoms with Gasteiger partial charge in [-0.3, -0.25) is 9.20 Å². The Morgan fingerprint density at radius 1 is 1.26 bits per heavy atom. The highest BCUT2D eigenvalue weighted by molar-refractivity contribution is 5.74. The van der Waals surface area contributed by atoms with Crippen LogP contribution in [0, 0.1) is 5.82 Å². The van der Waals surface area contributed by atoms with Gasteiger partial charge in [-0.2, -0.15) is 0 Å². The number of hydrogen-bond donors (Lipinski definition) is 0. The minimum atomic E-state index is -0.421. The fourth-order valence-electron chi connectivity index (χ4n) is 2.11. The van der Waals surface area contributed by atoms with Crippen LogP contribution in [-0.4, -0.2) is 22.5 Å². The molecular formula is C16H13FN4O2. The van der Waals surface area contributed by atoms with Crippen LogP contribution in [0.25, 0.3) is 5.65 Å². The third-order valence-corrected chi connectivity index (χ3v) is 3.18. The zero-order valence-electron chi connectivity index (χ0n) is 12.3. The molecule has 7 heteroatoms. The summed E-state index contributed by atoms with van der Waals surface area (Å²) < 4.78 is 19.6. The van der Waals surface area contributed by atoms with Crippen LogP contribution in [0.4, 0.5) is 15.9 Å². The molecule has 0 bridgehead atoms. The number of carbonyl (C=O) groups is 1. The van der Waals surface area contributed by atoms with Crippen molar-refractivity contribution < 1.29 is 13.9 Å². The lowest BCUT2D eigenvalue weighted by molar-refractivity contribution is -0.139. The second-order valence-electron chi connectivity index (χ2n) is 4.74. The number of azo groups is 1. The Morgan fingerprint density at radius 3 is 2.91 bits per heavy atom. The Balaban J connectivity index is 2.03. The smallest absolute Gasteiger partial charge is 0.311 e. The number of fused-ring (bicyclic) bond motifs is 1. The summed E-state index contributed by atoms with van der Waals surface area (Å²) in [6, 6.07) is 11.2. The Labute approximate surface area is 131 Å². The number of aromatic nitrogens is 2. The van der Waals surface area contributed by atoms with Crippen molar-refractivity contribution in [3.63, 3.8) is 0 Å². The molecule has 0 fully saturated rings. The Hall–Kier alpha value is -3.09. The van der Waals surface area contributed by atoms with E-state index >= 15 is 0 Å². The lowest BCUT2D eigenvalue weighted by Crippen LogP contribution is -2.04. The molecule has 0 unspecified atom stereocenters. The lowest BCUT2D eigenvalue weighted by Gasteiger charge is -1.98. The highest BCUT2D eigenvalue weighted by Gasteiger charge is 2.15. The average molecular weight is 312 g/mol. The summed E-state index contributed by atoms with van der Waals surface area (Å²) in [6.07, 6.45) is 1.75. The Morgan fingerprint density at radius 2 is 2.13 bits per heavy atom. The molecule has 0 radical (unpaired) electrons. The van der Waals surface area contributed by atoms with Crippen LogP contribution in [0.1, 0.15) is 5.69 Å². The minimum absolute atomic E-state index is 0.0182. The molecule has 1 aromatic carbocycles. The molecule has 2 aromatic heterocycles. The Kier molecular flexibility index (Phi) is 4.09. The molecule has 0 aliphatic heterocycles. The lowest BCUT2D eigenvalue weighted by atomic mass is 10.3. The SMILES string of the molecule is COC(=O)Cc1nc2ccccn2c1N=Nc1cccc(F)c1. The maximum Gasteiger partial charge on any atom is 0.311 e. The van der Waals surface area contributed by atoms with Gasteiger partial charge in [0.25, 0.3) is 0 Å². The van der Waals surface area contributed by atoms with Crippen LogP contribution in [0.3, 0.4) is 0 Å². The van der Waals surface area contributed by atoms with Gasteiger partial charge in [-0.1, -0.05) is 12.1 Å². The van der Waals surface area contributed by atoms with Crippen molar-refractivity contribution in [2.75, 3.05) is 7.11 Å². The quantitative estimate of drug-likeness (QED) is 0.546. The average Bonchev–Trinajstić information content (AvgIpc) is 2.90. The van der Waals surface area contributed by atoms with E-state index in [2.05, 4.69) is 19.9 Å². The predicted octanol–water partition coefficient (Wildman–Crippen LogP) is 3.60. The van der Waals surface area contributed by atoms with Crippen molar-refractivity contribution in [1.29, 1.82) is 0 Å². The molecule has 0 amide bonds. The fourth-order valence-corrected chi connectivity index (χ4v) is 2.11. The highest BCUT2D eigenvalue weighted by Crippen LogP contribution is 2.25. The van der Waals surface area contributed by atoms with Crippen molar-refractivity contribution >= 4 is 23.1 Å². The van der Waals surface area contributed by atoms with Crippen molar-refractivity contribution in [3.05, 3.63) is 60.2 Å². The van der Waals surface area contributed by atoms with E-state index in [9.17, 15) is 9.18 Å². The number of methoxy groups -OCH3 is 1. The van der Waals surface area contributed by atoms with Gasteiger partial charge in [-0.15, -0.1) is 10.2 Å². The predicted molar refractivity (Wildman–Crippen MR) is 81.5 cm³/mol. The number of ether oxygens (including phenoxy) is 1. The molecule has 2 heterocycles. The van der Waals surface area contributed by atoms with Crippen LogP contribution in [0.15, 0.2) is 58.9 Å². The molecule has 23 heavy (non-hydrogen) atoms. The third kappa shape index (κ3) is 3.23. The minimum Gasteiger partial charge on any atom is -0.469 e. The summed E-state index contributed by atoms with van der Waals surface area (Å²) in [6.45, 7) is 0. The molecule has 0 saturated heterocycles. The molecule has 0 atom stereocenters. The van der Waals surface area contributed by atoms with Crippen LogP contribution >= 0.6 is 0 Å². The monoisotopic (exact) mass is 312 g/mol. The number of benzene rings is 1. The Bertz CT molecular complexity index is 889. The molecule has 0 spiro atoms. The van der Waals surface area contributed by atoms with E-state index in [1.165, 1.54) is 19.2 Å². The van der Waals surface area contributed by atoms with E-state index in [4.69, 9.17) is 0 Å². The summed E-state index contributed by atoms with van der Waals surface area (Å²) in [5.74, 6) is -0.403. The van der Waals surface area contributed by atoms with E-state index in [0.29, 0.717) is 22.8 Å². The second kappa shape index (κ2) is 6.35. The zero-order valence-corrected chi connectivity index (χ0v) is 12.3. The number of rotatable bonds is 4. The molecule has 0 aliphatic rings. The maximum absolute atomic E-state index is 13.2. The van der Waals surface area contributed by atoms with Crippen LogP contribution in [-0.2, 0) is 16.0 Å². The molecule has 3 rings (SSSR count). The molecular weight excluding hydrogens is 299 g/mol. The highest BCUT2D eigenvalue weighted by atomic mass is 19.1. The number of pyridine rings is 1. The summed E-state index contributed by atoms with van der Waals surface area (Å²) in [5, 5.41) is 8.17. The van der Waals surface area contributed by atoms with Crippen LogP contribution in [0.2, 0.25) is 0 Å². The molecule has 6 nitrogen and oxygen atoms in total.